The number of halogens is 2. The van der Waals surface area contributed by atoms with Crippen molar-refractivity contribution in [3.05, 3.63) is 40.8 Å². The largest absolute Gasteiger partial charge is 0.441 e. The van der Waals surface area contributed by atoms with Crippen LogP contribution < -0.4 is 0 Å². The molecule has 0 aliphatic heterocycles. The number of hydrogen-bond donors (Lipinski definition) is 0. The Hall–Kier alpha value is -0.610. The van der Waals surface area contributed by atoms with E-state index in [2.05, 4.69) is 36.8 Å². The van der Waals surface area contributed by atoms with Crippen LogP contribution in [0.2, 0.25) is 0 Å². The van der Waals surface area contributed by atoms with Gasteiger partial charge < -0.3 is 4.42 Å². The topological polar surface area (TPSA) is 26.0 Å². The van der Waals surface area contributed by atoms with Gasteiger partial charge in [-0.3, -0.25) is 0 Å². The van der Waals surface area contributed by atoms with E-state index in [9.17, 15) is 0 Å². The summed E-state index contributed by atoms with van der Waals surface area (Å²) in [5.41, 5.74) is 1.07. The van der Waals surface area contributed by atoms with Crippen LogP contribution in [0.1, 0.15) is 25.2 Å². The van der Waals surface area contributed by atoms with Crippen molar-refractivity contribution in [3.63, 3.8) is 0 Å². The van der Waals surface area contributed by atoms with Crippen LogP contribution in [0.5, 0.6) is 0 Å². The summed E-state index contributed by atoms with van der Waals surface area (Å²) in [7, 11) is 0. The first-order chi connectivity index (χ1) is 8.79. The molecular formula is C14H15Br2NO. The summed E-state index contributed by atoms with van der Waals surface area (Å²) in [6, 6.07) is 8.07. The Labute approximate surface area is 124 Å². The molecule has 0 atom stereocenters. The van der Waals surface area contributed by atoms with Crippen LogP contribution in [0.4, 0.5) is 0 Å². The van der Waals surface area contributed by atoms with Crippen LogP contribution in [0.15, 0.2) is 39.4 Å². The number of unbranched alkanes of at least 4 members (excludes halogenated alkanes) is 2. The van der Waals surface area contributed by atoms with E-state index in [4.69, 9.17) is 4.42 Å². The molecule has 1 heterocycles. The highest BCUT2D eigenvalue weighted by molar-refractivity contribution is 9.10. The fourth-order valence-corrected chi connectivity index (χ4v) is 2.38. The lowest BCUT2D eigenvalue weighted by Gasteiger charge is -1.97. The van der Waals surface area contributed by atoms with Crippen molar-refractivity contribution in [3.8, 4) is 11.3 Å². The van der Waals surface area contributed by atoms with Crippen molar-refractivity contribution in [1.82, 2.24) is 4.98 Å². The van der Waals surface area contributed by atoms with Gasteiger partial charge in [0.1, 0.15) is 0 Å². The molecule has 2 aromatic rings. The van der Waals surface area contributed by atoms with E-state index < -0.39 is 0 Å². The average Bonchev–Trinajstić information content (AvgIpc) is 2.84. The van der Waals surface area contributed by atoms with Gasteiger partial charge in [-0.1, -0.05) is 50.4 Å². The minimum atomic E-state index is 0.836. The molecule has 0 saturated carbocycles. The molecule has 2 nitrogen and oxygen atoms in total. The SMILES string of the molecule is BrCCCCCc1ncc(-c2ccc(Br)cc2)o1. The molecular weight excluding hydrogens is 358 g/mol. The van der Waals surface area contributed by atoms with Gasteiger partial charge in [-0.2, -0.15) is 0 Å². The smallest absolute Gasteiger partial charge is 0.194 e. The molecule has 0 fully saturated rings. The Morgan fingerprint density at radius 1 is 1.06 bits per heavy atom. The monoisotopic (exact) mass is 371 g/mol. The fraction of sp³-hybridized carbons (Fsp3) is 0.357. The molecule has 18 heavy (non-hydrogen) atoms. The number of rotatable bonds is 6. The Morgan fingerprint density at radius 3 is 2.56 bits per heavy atom. The first-order valence-corrected chi connectivity index (χ1v) is 7.97. The zero-order valence-electron chi connectivity index (χ0n) is 10.0. The van der Waals surface area contributed by atoms with E-state index in [1.807, 2.05) is 30.5 Å². The molecule has 0 radical (unpaired) electrons. The molecule has 0 amide bonds. The van der Waals surface area contributed by atoms with Crippen molar-refractivity contribution >= 4 is 31.9 Å². The van der Waals surface area contributed by atoms with Crippen LogP contribution >= 0.6 is 31.9 Å². The van der Waals surface area contributed by atoms with Gasteiger partial charge in [0.05, 0.1) is 6.20 Å². The second-order valence-corrected chi connectivity index (χ2v) is 5.83. The average molecular weight is 373 g/mol. The lowest BCUT2D eigenvalue weighted by molar-refractivity contribution is 0.493. The predicted molar refractivity (Wildman–Crippen MR) is 81.0 cm³/mol. The minimum absolute atomic E-state index is 0.836. The summed E-state index contributed by atoms with van der Waals surface area (Å²) in [5, 5.41) is 1.07. The number of aromatic nitrogens is 1. The lowest BCUT2D eigenvalue weighted by atomic mass is 10.2. The van der Waals surface area contributed by atoms with Gasteiger partial charge in [-0.05, 0) is 25.0 Å². The van der Waals surface area contributed by atoms with E-state index in [-0.39, 0.29) is 0 Å². The molecule has 4 heteroatoms. The molecule has 0 N–H and O–H groups in total. The zero-order chi connectivity index (χ0) is 12.8. The third-order valence-electron chi connectivity index (χ3n) is 2.71. The van der Waals surface area contributed by atoms with Crippen LogP contribution in [0.3, 0.4) is 0 Å². The van der Waals surface area contributed by atoms with Crippen LogP contribution in [0, 0.1) is 0 Å². The second-order valence-electron chi connectivity index (χ2n) is 4.12. The van der Waals surface area contributed by atoms with Crippen molar-refractivity contribution < 1.29 is 4.42 Å². The molecule has 2 rings (SSSR count). The molecule has 1 aromatic carbocycles. The van der Waals surface area contributed by atoms with Gasteiger partial charge in [-0.15, -0.1) is 0 Å². The quantitative estimate of drug-likeness (QED) is 0.513. The summed E-state index contributed by atoms with van der Waals surface area (Å²) in [6.07, 6.45) is 6.28. The maximum Gasteiger partial charge on any atom is 0.194 e. The van der Waals surface area contributed by atoms with Gasteiger partial charge in [0.15, 0.2) is 11.7 Å². The van der Waals surface area contributed by atoms with Gasteiger partial charge in [0, 0.05) is 21.8 Å². The Kier molecular flexibility index (Phi) is 5.45. The molecule has 0 aliphatic rings. The van der Waals surface area contributed by atoms with Crippen LogP contribution in [0.25, 0.3) is 11.3 Å². The van der Waals surface area contributed by atoms with Gasteiger partial charge >= 0.3 is 0 Å². The third kappa shape index (κ3) is 3.95. The van der Waals surface area contributed by atoms with Crippen molar-refractivity contribution in [2.24, 2.45) is 0 Å². The molecule has 1 aromatic heterocycles. The Bertz CT molecular complexity index is 479. The first-order valence-electron chi connectivity index (χ1n) is 6.06. The summed E-state index contributed by atoms with van der Waals surface area (Å²) in [4.78, 5) is 4.32. The molecule has 0 spiro atoms. The van der Waals surface area contributed by atoms with E-state index in [1.165, 1.54) is 12.8 Å². The van der Waals surface area contributed by atoms with E-state index in [1.54, 1.807) is 0 Å². The number of nitrogens with zero attached hydrogens (tertiary/aromatic N) is 1. The molecule has 0 saturated heterocycles. The highest BCUT2D eigenvalue weighted by atomic mass is 79.9. The molecule has 96 valence electrons. The second kappa shape index (κ2) is 7.10. The van der Waals surface area contributed by atoms with Gasteiger partial charge in [0.25, 0.3) is 0 Å². The number of hydrogen-bond acceptors (Lipinski definition) is 2. The van der Waals surface area contributed by atoms with Crippen molar-refractivity contribution in [2.75, 3.05) is 5.33 Å². The fourth-order valence-electron chi connectivity index (χ4n) is 1.72. The number of alkyl halides is 1. The summed E-state index contributed by atoms with van der Waals surface area (Å²) in [6.45, 7) is 0. The van der Waals surface area contributed by atoms with Crippen molar-refractivity contribution in [1.29, 1.82) is 0 Å². The normalized spacial score (nSPS) is 10.8. The third-order valence-corrected chi connectivity index (χ3v) is 3.80. The molecule has 0 bridgehead atoms. The summed E-state index contributed by atoms with van der Waals surface area (Å²) >= 11 is 6.86. The highest BCUT2D eigenvalue weighted by Crippen LogP contribution is 2.23. The maximum absolute atomic E-state index is 5.75. The standard InChI is InChI=1S/C14H15Br2NO/c15-9-3-1-2-4-14-17-10-13(18-14)11-5-7-12(16)8-6-11/h5-8,10H,1-4,9H2. The van der Waals surface area contributed by atoms with Gasteiger partial charge in [0.2, 0.25) is 0 Å². The van der Waals surface area contributed by atoms with Crippen LogP contribution in [-0.2, 0) is 6.42 Å². The number of benzene rings is 1. The molecule has 0 aliphatic carbocycles. The van der Waals surface area contributed by atoms with Crippen LogP contribution in [-0.4, -0.2) is 10.3 Å². The van der Waals surface area contributed by atoms with Gasteiger partial charge in [-0.25, -0.2) is 4.98 Å². The number of oxazole rings is 1. The predicted octanol–water partition coefficient (Wildman–Crippen LogP) is 5.21. The summed E-state index contributed by atoms with van der Waals surface area (Å²) in [5.74, 6) is 1.68. The van der Waals surface area contributed by atoms with Crippen molar-refractivity contribution in [2.45, 2.75) is 25.7 Å². The maximum atomic E-state index is 5.75. The highest BCUT2D eigenvalue weighted by Gasteiger charge is 2.05. The van der Waals surface area contributed by atoms with E-state index >= 15 is 0 Å². The van der Waals surface area contributed by atoms with E-state index in [0.717, 1.165) is 39.9 Å². The lowest BCUT2D eigenvalue weighted by Crippen LogP contribution is -1.85. The minimum Gasteiger partial charge on any atom is -0.441 e. The van der Waals surface area contributed by atoms with E-state index in [0.29, 0.717) is 0 Å². The zero-order valence-corrected chi connectivity index (χ0v) is 13.2. The summed E-state index contributed by atoms with van der Waals surface area (Å²) < 4.78 is 6.82. The Balaban J connectivity index is 1.95. The number of aryl methyl sites for hydroxylation is 1. The molecule has 0 unspecified atom stereocenters. The Morgan fingerprint density at radius 2 is 1.83 bits per heavy atom. The first kappa shape index (κ1) is 13.8.